The van der Waals surface area contributed by atoms with Gasteiger partial charge >= 0.3 is 0 Å². The first kappa shape index (κ1) is 69.8. The van der Waals surface area contributed by atoms with Crippen molar-refractivity contribution in [2.45, 2.75) is 155 Å². The van der Waals surface area contributed by atoms with E-state index in [4.69, 9.17) is 29.9 Å². The summed E-state index contributed by atoms with van der Waals surface area (Å²) in [5.41, 5.74) is 13.2. The van der Waals surface area contributed by atoms with Gasteiger partial charge in [-0.25, -0.2) is 38.7 Å². The first-order valence-corrected chi connectivity index (χ1v) is 38.2. The van der Waals surface area contributed by atoms with E-state index in [0.29, 0.717) is 54.4 Å². The van der Waals surface area contributed by atoms with Gasteiger partial charge in [-0.05, 0) is 148 Å². The monoisotopic (exact) mass is 1460 g/mol. The fourth-order valence-electron chi connectivity index (χ4n) is 16.3. The summed E-state index contributed by atoms with van der Waals surface area (Å²) in [7, 11) is 0. The zero-order chi connectivity index (χ0) is 70.3. The van der Waals surface area contributed by atoms with E-state index in [9.17, 15) is 13.2 Å². The van der Waals surface area contributed by atoms with Crippen molar-refractivity contribution in [2.24, 2.45) is 17.8 Å². The van der Waals surface area contributed by atoms with Crippen LogP contribution >= 0.6 is 15.9 Å². The van der Waals surface area contributed by atoms with Crippen molar-refractivity contribution < 1.29 is 13.2 Å². The molecule has 3 fully saturated rings. The Morgan fingerprint density at radius 1 is 0.417 bits per heavy atom. The van der Waals surface area contributed by atoms with Crippen LogP contribution in [0.2, 0.25) is 0 Å². The number of aromatic nitrogens is 15. The molecular formula is C78H91BrF3N21. The smallest absolute Gasteiger partial charge is 0.230 e. The molecule has 25 heteroatoms. The van der Waals surface area contributed by atoms with E-state index in [0.717, 1.165) is 197 Å². The van der Waals surface area contributed by atoms with Crippen LogP contribution in [0.4, 0.5) is 48.5 Å². The molecule has 103 heavy (non-hydrogen) atoms. The van der Waals surface area contributed by atoms with Crippen LogP contribution in [0.15, 0.2) is 110 Å². The average molecular weight is 1460 g/mol. The van der Waals surface area contributed by atoms with Crippen LogP contribution in [0.1, 0.15) is 150 Å². The second-order valence-electron chi connectivity index (χ2n) is 28.8. The predicted molar refractivity (Wildman–Crippen MR) is 406 cm³/mol. The summed E-state index contributed by atoms with van der Waals surface area (Å²) in [6.45, 7) is 12.2. The molecule has 4 N–H and O–H groups in total. The Balaban J connectivity index is 0.000000121. The van der Waals surface area contributed by atoms with Gasteiger partial charge in [0.05, 0.1) is 41.8 Å². The Hall–Kier alpha value is -8.91. The summed E-state index contributed by atoms with van der Waals surface area (Å²) in [6, 6.07) is 19.8. The van der Waals surface area contributed by atoms with Crippen LogP contribution < -0.4 is 21.3 Å². The molecule has 12 aromatic heterocycles. The molecule has 3 aliphatic heterocycles. The van der Waals surface area contributed by atoms with E-state index in [1.807, 2.05) is 74.0 Å². The van der Waals surface area contributed by atoms with Gasteiger partial charge in [-0.3, -0.25) is 29.1 Å². The van der Waals surface area contributed by atoms with Gasteiger partial charge in [0, 0.05) is 182 Å². The van der Waals surface area contributed by atoms with Gasteiger partial charge in [-0.15, -0.1) is 0 Å². The lowest BCUT2D eigenvalue weighted by molar-refractivity contribution is 0.229. The summed E-state index contributed by atoms with van der Waals surface area (Å²) < 4.78 is 43.3. The van der Waals surface area contributed by atoms with Gasteiger partial charge in [0.1, 0.15) is 47.7 Å². The number of hydrogen-bond donors (Lipinski definition) is 4. The Kier molecular flexibility index (Phi) is 21.7. The average Bonchev–Trinajstić information content (AvgIpc) is 1.61. The minimum Gasteiger partial charge on any atom is -0.321 e. The normalized spacial score (nSPS) is 20.7. The molecule has 18 rings (SSSR count). The lowest BCUT2D eigenvalue weighted by atomic mass is 9.87. The maximum Gasteiger partial charge on any atom is 0.230 e. The van der Waals surface area contributed by atoms with E-state index in [2.05, 4.69) is 148 Å². The summed E-state index contributed by atoms with van der Waals surface area (Å²) in [4.78, 5) is 60.7. The number of nitrogens with one attached hydrogen (secondary N) is 4. The van der Waals surface area contributed by atoms with Gasteiger partial charge in [0.15, 0.2) is 0 Å². The van der Waals surface area contributed by atoms with Crippen molar-refractivity contribution in [2.75, 3.05) is 74.0 Å². The maximum atomic E-state index is 12.7. The van der Waals surface area contributed by atoms with Gasteiger partial charge in [0.25, 0.3) is 0 Å². The number of fused-ring (bicyclic) bond motifs is 12. The highest BCUT2D eigenvalue weighted by Gasteiger charge is 2.29. The number of anilines is 6. The second kappa shape index (κ2) is 32.0. The number of rotatable bonds is 14. The molecule has 12 aromatic rings. The largest absolute Gasteiger partial charge is 0.321 e. The van der Waals surface area contributed by atoms with Crippen LogP contribution in [0.25, 0.3) is 65.8 Å². The minimum atomic E-state index is -0.311. The van der Waals surface area contributed by atoms with Crippen LogP contribution in [0, 0.1) is 17.8 Å². The van der Waals surface area contributed by atoms with E-state index in [-0.39, 0.29) is 20.0 Å². The lowest BCUT2D eigenvalue weighted by Gasteiger charge is -2.28. The number of halogens is 4. The summed E-state index contributed by atoms with van der Waals surface area (Å²) >= 11 is 2.87. The molecule has 0 aromatic carbocycles. The van der Waals surface area contributed by atoms with Crippen LogP contribution in [-0.2, 0) is 38.9 Å². The fourth-order valence-corrected chi connectivity index (χ4v) is 16.3. The molecule has 0 saturated heterocycles. The van der Waals surface area contributed by atoms with Crippen LogP contribution in [-0.4, -0.2) is 141 Å². The van der Waals surface area contributed by atoms with Crippen LogP contribution in [0.3, 0.4) is 0 Å². The molecular weight excluding hydrogens is 1370 g/mol. The molecule has 3 aliphatic carbocycles. The SMILES string of the molecule is CC1CCC(n2c3cnccc3c3cnc(Nc4ccc5c(n4)CCN(CCF)C5)nc32)CC1.CC1CCC(n2c3cnccc3c3cnc(Nc4ccc5c(n4)CCN(CCF)C5)nc32)CC1.CC1CCC(n2c3cnccc3c3cnc(Nc4ccc5c(n4)CCNC5)nc32)CC1.FCCBr. The lowest BCUT2D eigenvalue weighted by Crippen LogP contribution is -2.32. The van der Waals surface area contributed by atoms with Gasteiger partial charge < -0.3 is 35.0 Å². The summed E-state index contributed by atoms with van der Waals surface area (Å²) in [5.74, 6) is 6.36. The van der Waals surface area contributed by atoms with E-state index >= 15 is 0 Å². The second-order valence-corrected chi connectivity index (χ2v) is 29.6. The molecule has 536 valence electrons. The van der Waals surface area contributed by atoms with Crippen molar-refractivity contribution >= 4 is 117 Å². The third kappa shape index (κ3) is 15.4. The van der Waals surface area contributed by atoms with Gasteiger partial charge in [-0.1, -0.05) is 54.9 Å². The van der Waals surface area contributed by atoms with Gasteiger partial charge in [0.2, 0.25) is 17.8 Å². The molecule has 3 saturated carbocycles. The molecule has 0 unspecified atom stereocenters. The molecule has 15 heterocycles. The number of pyridine rings is 6. The zero-order valence-electron chi connectivity index (χ0n) is 59.1. The van der Waals surface area contributed by atoms with E-state index in [1.165, 1.54) is 73.4 Å². The predicted octanol–water partition coefficient (Wildman–Crippen LogP) is 16.3. The standard InChI is InChI=1S/2C26H30FN7.C24H27N7.C2H4BrF/c2*1-17-2-5-19(6-3-17)34-23-15-28-11-8-20(23)21-14-29-26(32-25(21)34)31-24-7-4-18-16-33(13-10-27)12-9-22(18)30-24;1-15-2-5-17(6-3-15)31-21-14-26-10-8-18(21)19-13-27-24(30-23(19)31)29-22-7-4-16-12-25-11-9-20(16)28-22;3-1-2-4/h2*4,7-8,11,14-15,17,19H,2-3,5-6,9-10,12-13,16H2,1H3,(H,29,30,31,32);4,7-8,10,13-15,17,25H,2-3,5-6,9,11-12H2,1H3,(H,27,28,29,30);1-2H2. The van der Waals surface area contributed by atoms with Crippen molar-refractivity contribution in [1.29, 1.82) is 0 Å². The van der Waals surface area contributed by atoms with Crippen molar-refractivity contribution in [1.82, 2.24) is 88.6 Å². The first-order chi connectivity index (χ1) is 50.6. The van der Waals surface area contributed by atoms with Crippen molar-refractivity contribution in [3.63, 3.8) is 0 Å². The minimum absolute atomic E-state index is 0.264. The fraction of sp³-hybridized carbons (Fsp3) is 0.462. The highest BCUT2D eigenvalue weighted by molar-refractivity contribution is 9.09. The zero-order valence-corrected chi connectivity index (χ0v) is 60.6. The quantitative estimate of drug-likeness (QED) is 0.0743. The highest BCUT2D eigenvalue weighted by atomic mass is 79.9. The Morgan fingerprint density at radius 3 is 1.12 bits per heavy atom. The highest BCUT2D eigenvalue weighted by Crippen LogP contribution is 2.42. The molecule has 0 radical (unpaired) electrons. The third-order valence-electron chi connectivity index (χ3n) is 21.9. The Bertz CT molecular complexity index is 4720. The number of alkyl halides is 4. The number of nitrogens with zero attached hydrogens (tertiary/aromatic N) is 17. The molecule has 0 amide bonds. The summed E-state index contributed by atoms with van der Waals surface area (Å²) in [6.07, 6.45) is 34.3. The van der Waals surface area contributed by atoms with E-state index in [1.54, 1.807) is 0 Å². The Morgan fingerprint density at radius 2 is 0.767 bits per heavy atom. The van der Waals surface area contributed by atoms with Crippen molar-refractivity contribution in [3.8, 4) is 0 Å². The Labute approximate surface area is 606 Å². The molecule has 0 atom stereocenters. The van der Waals surface area contributed by atoms with Crippen LogP contribution in [0.5, 0.6) is 0 Å². The topological polar surface area (TPSA) is 224 Å². The molecule has 0 spiro atoms. The van der Waals surface area contributed by atoms with E-state index < -0.39 is 0 Å². The number of hydrogen-bond acceptors (Lipinski definition) is 18. The molecule has 6 aliphatic rings. The summed E-state index contributed by atoms with van der Waals surface area (Å²) in [5, 5.41) is 20.6. The molecule has 0 bridgehead atoms. The first-order valence-electron chi connectivity index (χ1n) is 37.1. The van der Waals surface area contributed by atoms with Crippen molar-refractivity contribution in [3.05, 3.63) is 144 Å². The maximum absolute atomic E-state index is 12.7. The third-order valence-corrected chi connectivity index (χ3v) is 22.2. The molecule has 21 nitrogen and oxygen atoms in total. The van der Waals surface area contributed by atoms with Gasteiger partial charge in [-0.2, -0.15) is 15.0 Å².